The van der Waals surface area contributed by atoms with Gasteiger partial charge in [-0.3, -0.25) is 0 Å². The van der Waals surface area contributed by atoms with Crippen LogP contribution in [0.3, 0.4) is 0 Å². The number of rotatable bonds is 1. The van der Waals surface area contributed by atoms with Crippen molar-refractivity contribution in [3.05, 3.63) is 48.2 Å². The van der Waals surface area contributed by atoms with E-state index in [4.69, 9.17) is 0 Å². The van der Waals surface area contributed by atoms with Crippen molar-refractivity contribution in [3.63, 3.8) is 0 Å². The fraction of sp³-hybridized carbons (Fsp3) is 0.0833. The number of aromatic nitrogens is 1. The molecule has 0 saturated heterocycles. The molecule has 2 heteroatoms. The zero-order valence-electron chi connectivity index (χ0n) is 8.12. The average Bonchev–Trinajstić information content (AvgIpc) is 2.18. The Bertz CT molecular complexity index is 463. The van der Waals surface area contributed by atoms with E-state index in [1.807, 2.05) is 12.1 Å². The molecule has 0 bridgehead atoms. The van der Waals surface area contributed by atoms with Crippen molar-refractivity contribution < 1.29 is 5.48 Å². The smallest absolute Gasteiger partial charge is 0.0738 e. The van der Waals surface area contributed by atoms with E-state index in [2.05, 4.69) is 36.7 Å². The summed E-state index contributed by atoms with van der Waals surface area (Å²) >= 11 is 0. The molecule has 0 unspecified atom stereocenters. The van der Waals surface area contributed by atoms with Crippen LogP contribution in [0.5, 0.6) is 0 Å². The van der Waals surface area contributed by atoms with Gasteiger partial charge in [-0.15, -0.1) is 0 Å². The van der Waals surface area contributed by atoms with Crippen molar-refractivity contribution in [2.24, 2.45) is 0 Å². The van der Waals surface area contributed by atoms with Gasteiger partial charge in [-0.1, -0.05) is 30.8 Å². The van der Waals surface area contributed by atoms with Crippen molar-refractivity contribution in [2.75, 3.05) is 0 Å². The van der Waals surface area contributed by atoms with Crippen LogP contribution in [-0.2, 0) is 0 Å². The zero-order chi connectivity index (χ0) is 9.26. The number of pyridine rings is 1. The van der Waals surface area contributed by atoms with E-state index in [9.17, 15) is 0 Å². The molecule has 0 radical (unpaired) electrons. The Balaban J connectivity index is 0.000000980. The van der Waals surface area contributed by atoms with Gasteiger partial charge in [0, 0.05) is 5.39 Å². The molecule has 1 aromatic heterocycles. The van der Waals surface area contributed by atoms with Crippen LogP contribution in [0.25, 0.3) is 17.0 Å². The predicted molar refractivity (Wildman–Crippen MR) is 60.2 cm³/mol. The molecule has 72 valence electrons. The van der Waals surface area contributed by atoms with E-state index >= 15 is 0 Å². The molecular weight excluding hydrogens is 174 g/mol. The number of nitrogens with zero attached hydrogens (tertiary/aromatic N) is 1. The first-order valence-corrected chi connectivity index (χ1v) is 4.30. The van der Waals surface area contributed by atoms with Gasteiger partial charge in [-0.05, 0) is 24.6 Å². The van der Waals surface area contributed by atoms with E-state index in [0.29, 0.717) is 0 Å². The number of hydrogen-bond donors (Lipinski definition) is 0. The zero-order valence-corrected chi connectivity index (χ0v) is 8.12. The van der Waals surface area contributed by atoms with Gasteiger partial charge >= 0.3 is 0 Å². The van der Waals surface area contributed by atoms with Crippen molar-refractivity contribution in [1.82, 2.24) is 4.98 Å². The third kappa shape index (κ3) is 1.65. The highest BCUT2D eigenvalue weighted by atomic mass is 16.0. The molecule has 2 aromatic rings. The van der Waals surface area contributed by atoms with Crippen molar-refractivity contribution in [1.29, 1.82) is 0 Å². The molecule has 0 fully saturated rings. The first kappa shape index (κ1) is 10.4. The molecule has 0 aliphatic heterocycles. The minimum absolute atomic E-state index is 0. The summed E-state index contributed by atoms with van der Waals surface area (Å²) in [5.41, 5.74) is 3.21. The highest BCUT2D eigenvalue weighted by molar-refractivity contribution is 5.82. The lowest BCUT2D eigenvalue weighted by molar-refractivity contribution is 0.824. The molecule has 0 aliphatic rings. The van der Waals surface area contributed by atoms with E-state index in [1.165, 1.54) is 10.9 Å². The molecule has 0 saturated carbocycles. The lowest BCUT2D eigenvalue weighted by Crippen LogP contribution is -1.85. The Labute approximate surface area is 83.2 Å². The maximum Gasteiger partial charge on any atom is 0.0738 e. The van der Waals surface area contributed by atoms with Gasteiger partial charge in [0.25, 0.3) is 0 Å². The standard InChI is InChI=1S/C12H11N.H2O/c1-3-11-8-7-10-6-4-5-9(2)12(10)13-11;/h3-8H,1H2,2H3;1H2. The van der Waals surface area contributed by atoms with E-state index in [0.717, 1.165) is 11.2 Å². The summed E-state index contributed by atoms with van der Waals surface area (Å²) < 4.78 is 0. The lowest BCUT2D eigenvalue weighted by atomic mass is 10.1. The van der Waals surface area contributed by atoms with Crippen LogP contribution in [0.2, 0.25) is 0 Å². The predicted octanol–water partition coefficient (Wildman–Crippen LogP) is 2.36. The molecule has 1 heterocycles. The fourth-order valence-corrected chi connectivity index (χ4v) is 1.42. The second-order valence-electron chi connectivity index (χ2n) is 3.09. The third-order valence-corrected chi connectivity index (χ3v) is 2.15. The quantitative estimate of drug-likeness (QED) is 0.675. The Morgan fingerprint density at radius 1 is 1.21 bits per heavy atom. The highest BCUT2D eigenvalue weighted by Gasteiger charge is 1.97. The lowest BCUT2D eigenvalue weighted by Gasteiger charge is -2.01. The molecule has 2 nitrogen and oxygen atoms in total. The molecular formula is C12H13NO. The largest absolute Gasteiger partial charge is 0.412 e. The van der Waals surface area contributed by atoms with Gasteiger partial charge in [-0.25, -0.2) is 4.98 Å². The Morgan fingerprint density at radius 2 is 2.00 bits per heavy atom. The number of para-hydroxylation sites is 1. The number of hydrogen-bond acceptors (Lipinski definition) is 1. The SMILES string of the molecule is C=Cc1ccc2cccc(C)c2n1.O. The minimum atomic E-state index is 0. The maximum absolute atomic E-state index is 4.48. The molecule has 0 atom stereocenters. The second-order valence-corrected chi connectivity index (χ2v) is 3.09. The number of benzene rings is 1. The Hall–Kier alpha value is -1.67. The van der Waals surface area contributed by atoms with Gasteiger partial charge < -0.3 is 5.48 Å². The molecule has 2 rings (SSSR count). The van der Waals surface area contributed by atoms with Gasteiger partial charge in [0.1, 0.15) is 0 Å². The van der Waals surface area contributed by atoms with Crippen LogP contribution >= 0.6 is 0 Å². The normalized spacial score (nSPS) is 9.50. The Morgan fingerprint density at radius 3 is 2.71 bits per heavy atom. The van der Waals surface area contributed by atoms with E-state index in [1.54, 1.807) is 6.08 Å². The topological polar surface area (TPSA) is 44.4 Å². The summed E-state index contributed by atoms with van der Waals surface area (Å²) in [6, 6.07) is 10.2. The molecule has 0 amide bonds. The molecule has 1 aromatic carbocycles. The molecule has 14 heavy (non-hydrogen) atoms. The maximum atomic E-state index is 4.48. The summed E-state index contributed by atoms with van der Waals surface area (Å²) in [6.45, 7) is 5.78. The van der Waals surface area contributed by atoms with Crippen LogP contribution in [0.4, 0.5) is 0 Å². The van der Waals surface area contributed by atoms with Crippen molar-refractivity contribution >= 4 is 17.0 Å². The fourth-order valence-electron chi connectivity index (χ4n) is 1.42. The van der Waals surface area contributed by atoms with E-state index < -0.39 is 0 Å². The molecule has 0 spiro atoms. The van der Waals surface area contributed by atoms with Crippen LogP contribution in [0.15, 0.2) is 36.9 Å². The average molecular weight is 187 g/mol. The monoisotopic (exact) mass is 187 g/mol. The van der Waals surface area contributed by atoms with Gasteiger partial charge in [0.15, 0.2) is 0 Å². The van der Waals surface area contributed by atoms with Crippen molar-refractivity contribution in [2.45, 2.75) is 6.92 Å². The second kappa shape index (κ2) is 4.03. The first-order valence-electron chi connectivity index (χ1n) is 4.30. The summed E-state index contributed by atoms with van der Waals surface area (Å²) in [5, 5.41) is 1.19. The van der Waals surface area contributed by atoms with Crippen LogP contribution < -0.4 is 0 Å². The van der Waals surface area contributed by atoms with Crippen LogP contribution in [-0.4, -0.2) is 10.5 Å². The molecule has 2 N–H and O–H groups in total. The summed E-state index contributed by atoms with van der Waals surface area (Å²) in [4.78, 5) is 4.48. The summed E-state index contributed by atoms with van der Waals surface area (Å²) in [5.74, 6) is 0. The summed E-state index contributed by atoms with van der Waals surface area (Å²) in [6.07, 6.45) is 1.77. The third-order valence-electron chi connectivity index (χ3n) is 2.15. The van der Waals surface area contributed by atoms with Gasteiger partial charge in [0.05, 0.1) is 11.2 Å². The number of fused-ring (bicyclic) bond motifs is 1. The minimum Gasteiger partial charge on any atom is -0.412 e. The highest BCUT2D eigenvalue weighted by Crippen LogP contribution is 2.16. The van der Waals surface area contributed by atoms with Crippen LogP contribution in [0.1, 0.15) is 11.3 Å². The first-order chi connectivity index (χ1) is 6.31. The summed E-state index contributed by atoms with van der Waals surface area (Å²) in [7, 11) is 0. The Kier molecular flexibility index (Phi) is 2.99. The van der Waals surface area contributed by atoms with Crippen molar-refractivity contribution in [3.8, 4) is 0 Å². The van der Waals surface area contributed by atoms with Gasteiger partial charge in [-0.2, -0.15) is 0 Å². The molecule has 0 aliphatic carbocycles. The van der Waals surface area contributed by atoms with Crippen LogP contribution in [0, 0.1) is 6.92 Å². The number of aryl methyl sites for hydroxylation is 1. The van der Waals surface area contributed by atoms with E-state index in [-0.39, 0.29) is 5.48 Å². The van der Waals surface area contributed by atoms with Gasteiger partial charge in [0.2, 0.25) is 0 Å².